The molecule has 0 spiro atoms. The van der Waals surface area contributed by atoms with Gasteiger partial charge >= 0.3 is 0 Å². The molecule has 4 heterocycles. The number of anilines is 1. The summed E-state index contributed by atoms with van der Waals surface area (Å²) in [7, 11) is 0. The molecule has 3 amide bonds. The maximum Gasteiger partial charge on any atom is 0.246 e. The minimum atomic E-state index is -0.878. The standard InChI is InChI=1S/C42H54N6O6S2/c1-26-22-47(18-20-53-26)41-45-34(24-55-41)30-14-16-33(17-15-30)54-19-8-7-9-36(50)46-38(42(4,5)6)40(52)48-23-32(49)21-35(48)39(51)44-27(2)29-10-12-31(13-11-29)37-28(3)43-25-56-37/h10-17,24-27,32,35,38,49H,7-9,18-23H2,1-6H3,(H,44,51)(H,46,50)/t26?,27-,32+,35-,38+/m0/s1. The van der Waals surface area contributed by atoms with E-state index in [4.69, 9.17) is 14.5 Å². The maximum atomic E-state index is 14.0. The molecule has 0 radical (unpaired) electrons. The van der Waals surface area contributed by atoms with E-state index in [1.54, 1.807) is 22.7 Å². The van der Waals surface area contributed by atoms with Gasteiger partial charge in [-0.25, -0.2) is 9.97 Å². The van der Waals surface area contributed by atoms with E-state index >= 15 is 0 Å². The molecule has 2 aliphatic rings. The molecule has 0 aliphatic carbocycles. The number of nitrogens with one attached hydrogen (secondary N) is 2. The van der Waals surface area contributed by atoms with Crippen molar-refractivity contribution in [3.8, 4) is 27.4 Å². The van der Waals surface area contributed by atoms with Crippen molar-refractivity contribution in [3.05, 3.63) is 70.7 Å². The Morgan fingerprint density at radius 1 is 1.02 bits per heavy atom. The number of hydrogen-bond acceptors (Lipinski definition) is 11. The van der Waals surface area contributed by atoms with E-state index in [2.05, 4.69) is 32.8 Å². The number of carbonyl (C=O) groups excluding carboxylic acids is 3. The molecule has 4 aromatic rings. The molecule has 5 atom stereocenters. The fourth-order valence-corrected chi connectivity index (χ4v) is 8.77. The van der Waals surface area contributed by atoms with E-state index in [0.717, 1.165) is 56.9 Å². The molecule has 2 fully saturated rings. The van der Waals surface area contributed by atoms with Crippen LogP contribution in [-0.2, 0) is 19.1 Å². The Hall–Kier alpha value is -4.37. The topological polar surface area (TPSA) is 146 Å². The number of unbranched alkanes of at least 4 members (excludes halogenated alkanes) is 1. The first-order valence-corrected chi connectivity index (χ1v) is 21.2. The Morgan fingerprint density at radius 2 is 1.75 bits per heavy atom. The summed E-state index contributed by atoms with van der Waals surface area (Å²) in [5, 5.41) is 19.7. The summed E-state index contributed by atoms with van der Waals surface area (Å²) in [6.45, 7) is 14.5. The molecule has 6 rings (SSSR count). The van der Waals surface area contributed by atoms with Gasteiger partial charge in [-0.05, 0) is 74.4 Å². The lowest BCUT2D eigenvalue weighted by molar-refractivity contribution is -0.144. The van der Waals surface area contributed by atoms with Crippen molar-refractivity contribution >= 4 is 45.5 Å². The molecule has 2 aromatic carbocycles. The van der Waals surface area contributed by atoms with Gasteiger partial charge in [0.25, 0.3) is 0 Å². The molecule has 300 valence electrons. The molecule has 56 heavy (non-hydrogen) atoms. The van der Waals surface area contributed by atoms with Crippen LogP contribution in [0.3, 0.4) is 0 Å². The summed E-state index contributed by atoms with van der Waals surface area (Å²) >= 11 is 3.23. The molecule has 2 aliphatic heterocycles. The second kappa shape index (κ2) is 18.3. The van der Waals surface area contributed by atoms with Crippen molar-refractivity contribution in [3.63, 3.8) is 0 Å². The van der Waals surface area contributed by atoms with Crippen molar-refractivity contribution in [1.29, 1.82) is 0 Å². The summed E-state index contributed by atoms with van der Waals surface area (Å²) < 4.78 is 11.6. The summed E-state index contributed by atoms with van der Waals surface area (Å²) in [5.74, 6) is -0.220. The van der Waals surface area contributed by atoms with Gasteiger partial charge in [0.1, 0.15) is 17.8 Å². The second-order valence-corrected chi connectivity index (χ2v) is 17.5. The number of hydrogen-bond donors (Lipinski definition) is 3. The number of rotatable bonds is 14. The lowest BCUT2D eigenvalue weighted by Crippen LogP contribution is -2.57. The minimum Gasteiger partial charge on any atom is -0.494 e. The normalized spacial score (nSPS) is 19.7. The molecule has 0 saturated carbocycles. The van der Waals surface area contributed by atoms with Crippen LogP contribution >= 0.6 is 22.7 Å². The Labute approximate surface area is 337 Å². The van der Waals surface area contributed by atoms with Gasteiger partial charge in [-0.3, -0.25) is 14.4 Å². The van der Waals surface area contributed by atoms with Crippen molar-refractivity contribution in [1.82, 2.24) is 25.5 Å². The summed E-state index contributed by atoms with van der Waals surface area (Å²) in [4.78, 5) is 54.8. The van der Waals surface area contributed by atoms with Crippen LogP contribution in [0.5, 0.6) is 5.75 Å². The van der Waals surface area contributed by atoms with Crippen molar-refractivity contribution in [2.24, 2.45) is 5.41 Å². The predicted octanol–water partition coefficient (Wildman–Crippen LogP) is 6.39. The number of likely N-dealkylation sites (tertiary alicyclic amines) is 1. The van der Waals surface area contributed by atoms with Gasteiger partial charge in [0, 0.05) is 43.4 Å². The number of benzene rings is 2. The van der Waals surface area contributed by atoms with Crippen LogP contribution < -0.4 is 20.3 Å². The van der Waals surface area contributed by atoms with Gasteiger partial charge < -0.3 is 35.0 Å². The lowest BCUT2D eigenvalue weighted by Gasteiger charge is -2.35. The molecule has 0 bridgehead atoms. The van der Waals surface area contributed by atoms with Gasteiger partial charge in [0.15, 0.2) is 5.13 Å². The second-order valence-electron chi connectivity index (χ2n) is 15.9. The van der Waals surface area contributed by atoms with Crippen LogP contribution in [0.15, 0.2) is 59.4 Å². The van der Waals surface area contributed by atoms with Crippen molar-refractivity contribution in [2.75, 3.05) is 37.7 Å². The number of thiazole rings is 2. The first-order chi connectivity index (χ1) is 26.8. The summed E-state index contributed by atoms with van der Waals surface area (Å²) in [6, 6.07) is 13.8. The number of amides is 3. The Morgan fingerprint density at radius 3 is 2.43 bits per heavy atom. The molecule has 1 unspecified atom stereocenters. The number of morpholine rings is 1. The molecule has 12 nitrogen and oxygen atoms in total. The Kier molecular flexibility index (Phi) is 13.5. The molecular formula is C42H54N6O6S2. The summed E-state index contributed by atoms with van der Waals surface area (Å²) in [5.41, 5.74) is 6.10. The molecule has 14 heteroatoms. The van der Waals surface area contributed by atoms with E-state index in [1.165, 1.54) is 4.90 Å². The quantitative estimate of drug-likeness (QED) is 0.124. The number of aliphatic hydroxyl groups excluding tert-OH is 1. The third-order valence-electron chi connectivity index (χ3n) is 10.3. The molecule has 2 aromatic heterocycles. The highest BCUT2D eigenvalue weighted by Gasteiger charge is 2.44. The number of nitrogens with zero attached hydrogens (tertiary/aromatic N) is 4. The largest absolute Gasteiger partial charge is 0.494 e. The van der Waals surface area contributed by atoms with E-state index in [9.17, 15) is 19.5 Å². The minimum absolute atomic E-state index is 0.0214. The number of β-amino-alcohol motifs (C(OH)–C–C–N with tert-alkyl or cyclic N) is 1. The first-order valence-electron chi connectivity index (χ1n) is 19.4. The van der Waals surface area contributed by atoms with Crippen LogP contribution in [0.1, 0.15) is 77.6 Å². The highest BCUT2D eigenvalue weighted by Crippen LogP contribution is 2.31. The number of aromatic nitrogens is 2. The van der Waals surface area contributed by atoms with Crippen molar-refractivity contribution in [2.45, 2.75) is 97.6 Å². The van der Waals surface area contributed by atoms with Gasteiger partial charge in [0.2, 0.25) is 17.7 Å². The highest BCUT2D eigenvalue weighted by atomic mass is 32.1. The zero-order valence-electron chi connectivity index (χ0n) is 33.1. The van der Waals surface area contributed by atoms with E-state index < -0.39 is 23.6 Å². The fourth-order valence-electron chi connectivity index (χ4n) is 7.08. The van der Waals surface area contributed by atoms with Crippen LogP contribution in [0.2, 0.25) is 0 Å². The van der Waals surface area contributed by atoms with Gasteiger partial charge in [-0.2, -0.15) is 0 Å². The van der Waals surface area contributed by atoms with Gasteiger partial charge in [0.05, 0.1) is 53.2 Å². The first kappa shape index (κ1) is 41.3. The predicted molar refractivity (Wildman–Crippen MR) is 221 cm³/mol. The zero-order chi connectivity index (χ0) is 40.0. The van der Waals surface area contributed by atoms with Gasteiger partial charge in [-0.1, -0.05) is 45.0 Å². The number of carbonyl (C=O) groups is 3. The average Bonchev–Trinajstić information content (AvgIpc) is 3.93. The Balaban J connectivity index is 0.962. The SMILES string of the molecule is Cc1ncsc1-c1ccc([C@H](C)NC(=O)[C@@H]2C[C@@H](O)CN2C(=O)[C@@H](NC(=O)CCCCOc2ccc(-c3csc(N4CCOC(C)C4)n3)cc2)C(C)(C)C)cc1. The number of aliphatic hydroxyl groups is 1. The zero-order valence-corrected chi connectivity index (χ0v) is 34.8. The molecular weight excluding hydrogens is 749 g/mol. The fraction of sp³-hybridized carbons (Fsp3) is 0.500. The summed E-state index contributed by atoms with van der Waals surface area (Å²) in [6.07, 6.45) is 0.935. The molecule has 3 N–H and O–H groups in total. The average molecular weight is 803 g/mol. The van der Waals surface area contributed by atoms with Gasteiger partial charge in [-0.15, -0.1) is 22.7 Å². The monoisotopic (exact) mass is 802 g/mol. The van der Waals surface area contributed by atoms with Crippen molar-refractivity contribution < 1.29 is 29.0 Å². The van der Waals surface area contributed by atoms with Crippen LogP contribution in [0, 0.1) is 12.3 Å². The smallest absolute Gasteiger partial charge is 0.246 e. The third-order valence-corrected chi connectivity index (χ3v) is 12.2. The van der Waals surface area contributed by atoms with Crippen LogP contribution in [0.25, 0.3) is 21.7 Å². The maximum absolute atomic E-state index is 14.0. The highest BCUT2D eigenvalue weighted by molar-refractivity contribution is 7.14. The Bertz CT molecular complexity index is 1940. The van der Waals surface area contributed by atoms with E-state index in [-0.39, 0.29) is 49.3 Å². The van der Waals surface area contributed by atoms with Crippen LogP contribution in [-0.4, -0.2) is 94.8 Å². The molecule has 2 saturated heterocycles. The van der Waals surface area contributed by atoms with Crippen LogP contribution in [0.4, 0.5) is 5.13 Å². The number of ether oxygens (including phenoxy) is 2. The van der Waals surface area contributed by atoms with E-state index in [0.29, 0.717) is 26.1 Å². The van der Waals surface area contributed by atoms with E-state index in [1.807, 2.05) is 88.7 Å². The number of aryl methyl sites for hydroxylation is 1. The third kappa shape index (κ3) is 10.3. The lowest BCUT2D eigenvalue weighted by atomic mass is 9.85.